The van der Waals surface area contributed by atoms with Crippen molar-refractivity contribution in [1.29, 1.82) is 0 Å². The van der Waals surface area contributed by atoms with Crippen LogP contribution in [0.2, 0.25) is 0 Å². The minimum absolute atomic E-state index is 0.150. The summed E-state index contributed by atoms with van der Waals surface area (Å²) in [6, 6.07) is -0.909. The Morgan fingerprint density at radius 3 is 2.58 bits per heavy atom. The van der Waals surface area contributed by atoms with E-state index in [0.717, 1.165) is 0 Å². The number of hydrogen-bond acceptors (Lipinski definition) is 3. The molecule has 5 nitrogen and oxygen atoms in total. The van der Waals surface area contributed by atoms with E-state index in [2.05, 4.69) is 10.1 Å². The van der Waals surface area contributed by atoms with Crippen LogP contribution in [-0.2, 0) is 9.53 Å². The third-order valence-electron chi connectivity index (χ3n) is 1.17. The van der Waals surface area contributed by atoms with Crippen molar-refractivity contribution in [2.75, 3.05) is 6.61 Å². The Kier molecular flexibility index (Phi) is 4.83. The SMILES string of the molecule is CCOC(=O)CC(C)NC(N)=O. The van der Waals surface area contributed by atoms with Crippen LogP contribution in [0.25, 0.3) is 0 Å². The van der Waals surface area contributed by atoms with Crippen LogP contribution in [0.4, 0.5) is 4.79 Å². The Balaban J connectivity index is 3.61. The molecule has 0 fully saturated rings. The molecule has 0 spiro atoms. The summed E-state index contributed by atoms with van der Waals surface area (Å²) in [5.74, 6) is -0.334. The molecule has 1 unspecified atom stereocenters. The van der Waals surface area contributed by atoms with Crippen molar-refractivity contribution in [3.63, 3.8) is 0 Å². The van der Waals surface area contributed by atoms with Crippen molar-refractivity contribution in [1.82, 2.24) is 5.32 Å². The van der Waals surface area contributed by atoms with E-state index in [1.165, 1.54) is 0 Å². The summed E-state index contributed by atoms with van der Waals surface area (Å²) in [4.78, 5) is 21.1. The fraction of sp³-hybridized carbons (Fsp3) is 0.714. The third-order valence-corrected chi connectivity index (χ3v) is 1.17. The first kappa shape index (κ1) is 10.7. The minimum atomic E-state index is -0.633. The van der Waals surface area contributed by atoms with Crippen LogP contribution in [0, 0.1) is 0 Å². The molecule has 70 valence electrons. The zero-order chi connectivity index (χ0) is 9.56. The molecule has 1 atom stereocenters. The maximum atomic E-state index is 10.8. The van der Waals surface area contributed by atoms with Crippen molar-refractivity contribution in [2.45, 2.75) is 26.3 Å². The number of urea groups is 1. The topological polar surface area (TPSA) is 81.4 Å². The number of nitrogens with one attached hydrogen (secondary N) is 1. The fourth-order valence-electron chi connectivity index (χ4n) is 0.764. The number of ether oxygens (including phenoxy) is 1. The van der Waals surface area contributed by atoms with Crippen molar-refractivity contribution in [2.24, 2.45) is 5.73 Å². The Labute approximate surface area is 71.3 Å². The zero-order valence-corrected chi connectivity index (χ0v) is 7.29. The van der Waals surface area contributed by atoms with Crippen molar-refractivity contribution in [3.05, 3.63) is 0 Å². The van der Waals surface area contributed by atoms with Gasteiger partial charge in [-0.25, -0.2) is 4.79 Å². The second-order valence-corrected chi connectivity index (χ2v) is 2.42. The standard InChI is InChI=1S/C7H14N2O3/c1-3-12-6(10)4-5(2)9-7(8)11/h5H,3-4H2,1-2H3,(H3,8,9,11). The summed E-state index contributed by atoms with van der Waals surface area (Å²) >= 11 is 0. The highest BCUT2D eigenvalue weighted by molar-refractivity contribution is 5.74. The second-order valence-electron chi connectivity index (χ2n) is 2.42. The Bertz CT molecular complexity index is 170. The van der Waals surface area contributed by atoms with Crippen LogP contribution in [0.15, 0.2) is 0 Å². The second kappa shape index (κ2) is 5.40. The van der Waals surface area contributed by atoms with E-state index in [0.29, 0.717) is 6.61 Å². The quantitative estimate of drug-likeness (QED) is 0.588. The van der Waals surface area contributed by atoms with E-state index >= 15 is 0 Å². The molecule has 0 rings (SSSR count). The van der Waals surface area contributed by atoms with E-state index in [1.54, 1.807) is 13.8 Å². The molecule has 0 aromatic heterocycles. The minimum Gasteiger partial charge on any atom is -0.466 e. The van der Waals surface area contributed by atoms with E-state index in [9.17, 15) is 9.59 Å². The molecule has 0 aromatic rings. The lowest BCUT2D eigenvalue weighted by molar-refractivity contribution is -0.143. The summed E-state index contributed by atoms with van der Waals surface area (Å²) in [5.41, 5.74) is 4.84. The molecule has 0 radical (unpaired) electrons. The van der Waals surface area contributed by atoms with E-state index in [-0.39, 0.29) is 18.4 Å². The molecule has 0 saturated carbocycles. The Hall–Kier alpha value is -1.26. The first-order chi connectivity index (χ1) is 5.56. The van der Waals surface area contributed by atoms with Crippen LogP contribution in [-0.4, -0.2) is 24.6 Å². The predicted molar refractivity (Wildman–Crippen MR) is 43.4 cm³/mol. The van der Waals surface area contributed by atoms with Gasteiger partial charge in [0.1, 0.15) is 0 Å². The number of carbonyl (C=O) groups excluding carboxylic acids is 2. The van der Waals surface area contributed by atoms with Crippen LogP contribution in [0.1, 0.15) is 20.3 Å². The largest absolute Gasteiger partial charge is 0.466 e. The summed E-state index contributed by atoms with van der Waals surface area (Å²) in [6.45, 7) is 3.76. The lowest BCUT2D eigenvalue weighted by Crippen LogP contribution is -2.38. The van der Waals surface area contributed by atoms with Gasteiger partial charge < -0.3 is 15.8 Å². The number of primary amides is 1. The van der Waals surface area contributed by atoms with Gasteiger partial charge in [-0.05, 0) is 13.8 Å². The van der Waals surface area contributed by atoms with Gasteiger partial charge in [0, 0.05) is 6.04 Å². The van der Waals surface area contributed by atoms with Gasteiger partial charge in [0.25, 0.3) is 0 Å². The van der Waals surface area contributed by atoms with Gasteiger partial charge in [0.15, 0.2) is 0 Å². The van der Waals surface area contributed by atoms with Gasteiger partial charge in [-0.3, -0.25) is 4.79 Å². The Morgan fingerprint density at radius 1 is 1.58 bits per heavy atom. The van der Waals surface area contributed by atoms with E-state index in [1.807, 2.05) is 0 Å². The molecule has 0 aliphatic rings. The average molecular weight is 174 g/mol. The molecule has 0 saturated heterocycles. The summed E-state index contributed by atoms with van der Waals surface area (Å²) in [6.07, 6.45) is 0.150. The maximum Gasteiger partial charge on any atom is 0.312 e. The van der Waals surface area contributed by atoms with Gasteiger partial charge in [0.05, 0.1) is 13.0 Å². The molecule has 5 heteroatoms. The molecule has 12 heavy (non-hydrogen) atoms. The first-order valence-corrected chi connectivity index (χ1v) is 3.77. The number of carbonyl (C=O) groups is 2. The molecular formula is C7H14N2O3. The highest BCUT2D eigenvalue weighted by Crippen LogP contribution is 1.92. The number of nitrogens with two attached hydrogens (primary N) is 1. The molecule has 0 aliphatic carbocycles. The van der Waals surface area contributed by atoms with Crippen molar-refractivity contribution < 1.29 is 14.3 Å². The molecule has 0 bridgehead atoms. The van der Waals surface area contributed by atoms with Gasteiger partial charge in [0.2, 0.25) is 0 Å². The number of rotatable bonds is 4. The van der Waals surface area contributed by atoms with Gasteiger partial charge in [-0.2, -0.15) is 0 Å². The smallest absolute Gasteiger partial charge is 0.312 e. The van der Waals surface area contributed by atoms with Crippen LogP contribution < -0.4 is 11.1 Å². The fourth-order valence-corrected chi connectivity index (χ4v) is 0.764. The van der Waals surface area contributed by atoms with E-state index < -0.39 is 6.03 Å². The van der Waals surface area contributed by atoms with Crippen molar-refractivity contribution >= 4 is 12.0 Å². The summed E-state index contributed by atoms with van der Waals surface area (Å²) in [5, 5.41) is 2.37. The van der Waals surface area contributed by atoms with Crippen molar-refractivity contribution in [3.8, 4) is 0 Å². The average Bonchev–Trinajstić information content (AvgIpc) is 1.84. The maximum absolute atomic E-state index is 10.8. The lowest BCUT2D eigenvalue weighted by Gasteiger charge is -2.10. The molecule has 0 heterocycles. The normalized spacial score (nSPS) is 11.8. The third kappa shape index (κ3) is 5.52. The predicted octanol–water partition coefficient (Wildman–Crippen LogP) is -0.00360. The highest BCUT2D eigenvalue weighted by Gasteiger charge is 2.09. The van der Waals surface area contributed by atoms with Gasteiger partial charge in [-0.1, -0.05) is 0 Å². The number of esters is 1. The monoisotopic (exact) mass is 174 g/mol. The summed E-state index contributed by atoms with van der Waals surface area (Å²) in [7, 11) is 0. The zero-order valence-electron chi connectivity index (χ0n) is 7.29. The van der Waals surface area contributed by atoms with Crippen LogP contribution >= 0.6 is 0 Å². The van der Waals surface area contributed by atoms with Gasteiger partial charge in [-0.15, -0.1) is 0 Å². The highest BCUT2D eigenvalue weighted by atomic mass is 16.5. The van der Waals surface area contributed by atoms with Gasteiger partial charge >= 0.3 is 12.0 Å². The number of hydrogen-bond donors (Lipinski definition) is 2. The molecular weight excluding hydrogens is 160 g/mol. The molecule has 0 aromatic carbocycles. The lowest BCUT2D eigenvalue weighted by atomic mass is 10.2. The first-order valence-electron chi connectivity index (χ1n) is 3.77. The molecule has 2 amide bonds. The van der Waals surface area contributed by atoms with Crippen LogP contribution in [0.3, 0.4) is 0 Å². The van der Waals surface area contributed by atoms with E-state index in [4.69, 9.17) is 5.73 Å². The molecule has 3 N–H and O–H groups in total. The number of amides is 2. The Morgan fingerprint density at radius 2 is 2.17 bits per heavy atom. The summed E-state index contributed by atoms with van der Waals surface area (Å²) < 4.78 is 4.66. The van der Waals surface area contributed by atoms with Crippen LogP contribution in [0.5, 0.6) is 0 Å². The molecule has 0 aliphatic heterocycles.